The molecule has 1 heterocycles. The Morgan fingerprint density at radius 2 is 1.95 bits per heavy atom. The van der Waals surface area contributed by atoms with Crippen LogP contribution in [-0.4, -0.2) is 6.54 Å². The van der Waals surface area contributed by atoms with E-state index in [9.17, 15) is 4.39 Å². The van der Waals surface area contributed by atoms with E-state index in [2.05, 4.69) is 49.5 Å². The standard InChI is InChI=1S/C18H18FNS/c1-3-20-18(15-7-5-4-6-12(15)2)17-10-13-8-9-14(19)11-16(13)21-17/h4-11,18,20H,3H2,1-2H3. The molecule has 1 aromatic heterocycles. The van der Waals surface area contributed by atoms with Gasteiger partial charge in [0.2, 0.25) is 0 Å². The molecule has 0 aliphatic carbocycles. The summed E-state index contributed by atoms with van der Waals surface area (Å²) in [4.78, 5) is 1.23. The van der Waals surface area contributed by atoms with Crippen LogP contribution in [0.25, 0.3) is 10.1 Å². The van der Waals surface area contributed by atoms with Gasteiger partial charge in [0.1, 0.15) is 5.82 Å². The summed E-state index contributed by atoms with van der Waals surface area (Å²) in [5.41, 5.74) is 2.55. The summed E-state index contributed by atoms with van der Waals surface area (Å²) >= 11 is 1.66. The van der Waals surface area contributed by atoms with Crippen LogP contribution >= 0.6 is 11.3 Å². The predicted octanol–water partition coefficient (Wildman–Crippen LogP) is 5.05. The van der Waals surface area contributed by atoms with Gasteiger partial charge in [0.25, 0.3) is 0 Å². The maximum Gasteiger partial charge on any atom is 0.124 e. The maximum absolute atomic E-state index is 13.4. The first-order chi connectivity index (χ1) is 10.2. The molecule has 1 unspecified atom stereocenters. The summed E-state index contributed by atoms with van der Waals surface area (Å²) in [5.74, 6) is -0.174. The van der Waals surface area contributed by atoms with Crippen LogP contribution in [0, 0.1) is 12.7 Å². The van der Waals surface area contributed by atoms with Crippen LogP contribution in [0.2, 0.25) is 0 Å². The third kappa shape index (κ3) is 2.85. The first-order valence-corrected chi connectivity index (χ1v) is 7.98. The molecule has 1 N–H and O–H groups in total. The summed E-state index contributed by atoms with van der Waals surface area (Å²) < 4.78 is 14.4. The smallest absolute Gasteiger partial charge is 0.124 e. The normalized spacial score (nSPS) is 12.7. The lowest BCUT2D eigenvalue weighted by molar-refractivity contribution is 0.630. The van der Waals surface area contributed by atoms with Gasteiger partial charge >= 0.3 is 0 Å². The molecule has 0 radical (unpaired) electrons. The minimum absolute atomic E-state index is 0.164. The van der Waals surface area contributed by atoms with Crippen LogP contribution < -0.4 is 5.32 Å². The number of thiophene rings is 1. The third-order valence-corrected chi connectivity index (χ3v) is 4.86. The number of hydrogen-bond donors (Lipinski definition) is 1. The number of fused-ring (bicyclic) bond motifs is 1. The molecule has 0 saturated carbocycles. The van der Waals surface area contributed by atoms with Crippen molar-refractivity contribution in [1.29, 1.82) is 0 Å². The summed E-state index contributed by atoms with van der Waals surface area (Å²) in [6.07, 6.45) is 0. The minimum atomic E-state index is -0.174. The lowest BCUT2D eigenvalue weighted by Crippen LogP contribution is -2.21. The lowest BCUT2D eigenvalue weighted by atomic mass is 10.00. The fourth-order valence-corrected chi connectivity index (χ4v) is 3.83. The number of hydrogen-bond acceptors (Lipinski definition) is 2. The Balaban J connectivity index is 2.09. The Kier molecular flexibility index (Phi) is 4.04. The average molecular weight is 299 g/mol. The van der Waals surface area contributed by atoms with Crippen LogP contribution in [-0.2, 0) is 0 Å². The van der Waals surface area contributed by atoms with Gasteiger partial charge in [-0.2, -0.15) is 0 Å². The van der Waals surface area contributed by atoms with Crippen molar-refractivity contribution in [3.63, 3.8) is 0 Å². The highest BCUT2D eigenvalue weighted by atomic mass is 32.1. The van der Waals surface area contributed by atoms with Crippen LogP contribution in [0.15, 0.2) is 48.5 Å². The van der Waals surface area contributed by atoms with Crippen LogP contribution in [0.1, 0.15) is 29.0 Å². The third-order valence-electron chi connectivity index (χ3n) is 3.69. The molecule has 108 valence electrons. The van der Waals surface area contributed by atoms with Crippen molar-refractivity contribution in [2.24, 2.45) is 0 Å². The first-order valence-electron chi connectivity index (χ1n) is 7.17. The van der Waals surface area contributed by atoms with Gasteiger partial charge in [-0.25, -0.2) is 4.39 Å². The highest BCUT2D eigenvalue weighted by Crippen LogP contribution is 2.34. The zero-order valence-electron chi connectivity index (χ0n) is 12.2. The van der Waals surface area contributed by atoms with E-state index in [1.807, 2.05) is 6.07 Å². The van der Waals surface area contributed by atoms with E-state index in [0.717, 1.165) is 16.6 Å². The quantitative estimate of drug-likeness (QED) is 0.711. The van der Waals surface area contributed by atoms with Crippen molar-refractivity contribution >= 4 is 21.4 Å². The van der Waals surface area contributed by atoms with E-state index in [1.165, 1.54) is 22.1 Å². The van der Waals surface area contributed by atoms with Crippen LogP contribution in [0.3, 0.4) is 0 Å². The van der Waals surface area contributed by atoms with Gasteiger partial charge in [-0.1, -0.05) is 37.3 Å². The Bertz CT molecular complexity index is 763. The maximum atomic E-state index is 13.4. The monoisotopic (exact) mass is 299 g/mol. The van der Waals surface area contributed by atoms with Crippen LogP contribution in [0.4, 0.5) is 4.39 Å². The second kappa shape index (κ2) is 5.96. The number of benzene rings is 2. The van der Waals surface area contributed by atoms with E-state index in [-0.39, 0.29) is 11.9 Å². The predicted molar refractivity (Wildman–Crippen MR) is 88.5 cm³/mol. The molecule has 0 aliphatic rings. The number of nitrogens with one attached hydrogen (secondary N) is 1. The second-order valence-corrected chi connectivity index (χ2v) is 6.29. The summed E-state index contributed by atoms with van der Waals surface area (Å²) in [5, 5.41) is 4.65. The van der Waals surface area contributed by atoms with E-state index >= 15 is 0 Å². The van der Waals surface area contributed by atoms with Gasteiger partial charge in [-0.05, 0) is 48.2 Å². The Morgan fingerprint density at radius 3 is 2.71 bits per heavy atom. The van der Waals surface area contributed by atoms with Crippen LogP contribution in [0.5, 0.6) is 0 Å². The molecule has 1 nitrogen and oxygen atoms in total. The first kappa shape index (κ1) is 14.2. The fraction of sp³-hybridized carbons (Fsp3) is 0.222. The molecule has 1 atom stereocenters. The van der Waals surface area contributed by atoms with Gasteiger partial charge in [-0.3, -0.25) is 0 Å². The van der Waals surface area contributed by atoms with Crippen molar-refractivity contribution in [3.05, 3.63) is 70.4 Å². The van der Waals surface area contributed by atoms with Gasteiger partial charge < -0.3 is 5.32 Å². The highest BCUT2D eigenvalue weighted by Gasteiger charge is 2.17. The molecule has 0 fully saturated rings. The number of aryl methyl sites for hydroxylation is 1. The van der Waals surface area contributed by atoms with Crippen molar-refractivity contribution < 1.29 is 4.39 Å². The molecule has 0 bridgehead atoms. The van der Waals surface area contributed by atoms with Gasteiger partial charge in [0.15, 0.2) is 0 Å². The Labute approximate surface area is 128 Å². The highest BCUT2D eigenvalue weighted by molar-refractivity contribution is 7.19. The van der Waals surface area contributed by atoms with E-state index in [1.54, 1.807) is 17.4 Å². The van der Waals surface area contributed by atoms with E-state index in [4.69, 9.17) is 0 Å². The summed E-state index contributed by atoms with van der Waals surface area (Å²) in [6, 6.07) is 15.7. The van der Waals surface area contributed by atoms with Crippen molar-refractivity contribution in [2.45, 2.75) is 19.9 Å². The number of rotatable bonds is 4. The minimum Gasteiger partial charge on any atom is -0.306 e. The topological polar surface area (TPSA) is 12.0 Å². The van der Waals surface area contributed by atoms with E-state index in [0.29, 0.717) is 0 Å². The Morgan fingerprint density at radius 1 is 1.14 bits per heavy atom. The van der Waals surface area contributed by atoms with Gasteiger partial charge in [-0.15, -0.1) is 11.3 Å². The second-order valence-electron chi connectivity index (χ2n) is 5.18. The zero-order valence-corrected chi connectivity index (χ0v) is 13.0. The molecule has 2 aromatic carbocycles. The van der Waals surface area contributed by atoms with Crippen molar-refractivity contribution in [3.8, 4) is 0 Å². The zero-order chi connectivity index (χ0) is 14.8. The molecule has 0 saturated heterocycles. The Hall–Kier alpha value is -1.71. The number of halogens is 1. The van der Waals surface area contributed by atoms with E-state index < -0.39 is 0 Å². The van der Waals surface area contributed by atoms with Gasteiger partial charge in [0.05, 0.1) is 6.04 Å². The molecule has 21 heavy (non-hydrogen) atoms. The molecule has 3 heteroatoms. The SMILES string of the molecule is CCNC(c1cc2ccc(F)cc2s1)c1ccccc1C. The molecule has 3 aromatic rings. The van der Waals surface area contributed by atoms with Gasteiger partial charge in [0, 0.05) is 9.58 Å². The fourth-order valence-electron chi connectivity index (χ4n) is 2.65. The largest absolute Gasteiger partial charge is 0.306 e. The van der Waals surface area contributed by atoms with Crippen molar-refractivity contribution in [1.82, 2.24) is 5.32 Å². The molecular weight excluding hydrogens is 281 g/mol. The van der Waals surface area contributed by atoms with Crippen molar-refractivity contribution in [2.75, 3.05) is 6.54 Å². The molecule has 0 aliphatic heterocycles. The summed E-state index contributed by atoms with van der Waals surface area (Å²) in [7, 11) is 0. The lowest BCUT2D eigenvalue weighted by Gasteiger charge is -2.19. The average Bonchev–Trinajstić information content (AvgIpc) is 2.88. The molecule has 0 amide bonds. The molecule has 3 rings (SSSR count). The molecule has 0 spiro atoms. The summed E-state index contributed by atoms with van der Waals surface area (Å²) in [6.45, 7) is 5.13. The molecular formula is C18H18FNS.